The fraction of sp³-hybridized carbons (Fsp3) is 0.300. The molecule has 90 valence electrons. The lowest BCUT2D eigenvalue weighted by Crippen LogP contribution is -2.11. The van der Waals surface area contributed by atoms with E-state index in [4.69, 9.17) is 5.26 Å². The number of methoxy groups -OCH3 is 1. The normalized spacial score (nSPS) is 10.1. The van der Waals surface area contributed by atoms with Crippen molar-refractivity contribution < 1.29 is 18.3 Å². The molecule has 1 aromatic heterocycles. The molecule has 4 nitrogen and oxygen atoms in total. The Balaban J connectivity index is 3.50. The van der Waals surface area contributed by atoms with Gasteiger partial charge >= 0.3 is 5.97 Å². The van der Waals surface area contributed by atoms with Crippen LogP contribution in [0.25, 0.3) is 0 Å². The molecule has 1 aromatic rings. The number of ether oxygens (including phenoxy) is 1. The molecule has 0 radical (unpaired) electrons. The lowest BCUT2D eigenvalue weighted by atomic mass is 10.0. The average molecular weight is 305 g/mol. The van der Waals surface area contributed by atoms with Crippen LogP contribution in [0, 0.1) is 11.3 Å². The highest BCUT2D eigenvalue weighted by molar-refractivity contribution is 9.08. The third-order valence-corrected chi connectivity index (χ3v) is 2.63. The number of aromatic nitrogens is 1. The molecule has 7 heteroatoms. The zero-order chi connectivity index (χ0) is 13.0. The van der Waals surface area contributed by atoms with Crippen molar-refractivity contribution in [1.29, 1.82) is 5.26 Å². The van der Waals surface area contributed by atoms with Gasteiger partial charge in [-0.3, -0.25) is 0 Å². The quantitative estimate of drug-likeness (QED) is 0.636. The molecule has 0 spiro atoms. The number of nitrogens with zero attached hydrogens (tertiary/aromatic N) is 2. The molecule has 0 saturated carbocycles. The minimum absolute atomic E-state index is 0.0634. The summed E-state index contributed by atoms with van der Waals surface area (Å²) >= 11 is 3.04. The maximum Gasteiger partial charge on any atom is 0.357 e. The van der Waals surface area contributed by atoms with Crippen molar-refractivity contribution in [3.05, 3.63) is 28.6 Å². The summed E-state index contributed by atoms with van der Waals surface area (Å²) in [7, 11) is 1.15. The highest BCUT2D eigenvalue weighted by atomic mass is 79.9. The molecule has 0 aliphatic heterocycles. The number of esters is 1. The fourth-order valence-corrected chi connectivity index (χ4v) is 1.82. The fourth-order valence-electron chi connectivity index (χ4n) is 1.27. The Kier molecular flexibility index (Phi) is 4.52. The van der Waals surface area contributed by atoms with Gasteiger partial charge in [0.15, 0.2) is 5.69 Å². The number of halogens is 3. The molecule has 0 aliphatic rings. The Bertz CT molecular complexity index is 486. The highest BCUT2D eigenvalue weighted by Crippen LogP contribution is 2.27. The van der Waals surface area contributed by atoms with E-state index in [9.17, 15) is 13.6 Å². The van der Waals surface area contributed by atoms with Crippen LogP contribution in [-0.4, -0.2) is 18.1 Å². The Morgan fingerprint density at radius 2 is 2.35 bits per heavy atom. The van der Waals surface area contributed by atoms with E-state index in [1.54, 1.807) is 6.07 Å². The molecule has 0 N–H and O–H groups in total. The first-order chi connectivity index (χ1) is 8.06. The van der Waals surface area contributed by atoms with E-state index in [0.29, 0.717) is 0 Å². The highest BCUT2D eigenvalue weighted by Gasteiger charge is 2.23. The van der Waals surface area contributed by atoms with Crippen LogP contribution in [0.15, 0.2) is 6.20 Å². The van der Waals surface area contributed by atoms with E-state index in [1.165, 1.54) is 0 Å². The van der Waals surface area contributed by atoms with Crippen LogP contribution >= 0.6 is 15.9 Å². The van der Waals surface area contributed by atoms with Crippen LogP contribution in [0.5, 0.6) is 0 Å². The summed E-state index contributed by atoms with van der Waals surface area (Å²) in [5.41, 5.74) is -0.760. The minimum atomic E-state index is -2.82. The number of alkyl halides is 3. The van der Waals surface area contributed by atoms with Crippen molar-refractivity contribution in [2.24, 2.45) is 0 Å². The number of pyridine rings is 1. The summed E-state index contributed by atoms with van der Waals surface area (Å²) in [5.74, 6) is -0.767. The van der Waals surface area contributed by atoms with Crippen molar-refractivity contribution in [1.82, 2.24) is 4.98 Å². The zero-order valence-electron chi connectivity index (χ0n) is 8.71. The molecule has 1 rings (SSSR count). The Morgan fingerprint density at radius 1 is 1.71 bits per heavy atom. The van der Waals surface area contributed by atoms with Crippen molar-refractivity contribution in [2.75, 3.05) is 7.11 Å². The van der Waals surface area contributed by atoms with Crippen LogP contribution in [-0.2, 0) is 10.1 Å². The van der Waals surface area contributed by atoms with Crippen LogP contribution in [0.2, 0.25) is 0 Å². The third-order valence-electron chi connectivity index (χ3n) is 2.07. The van der Waals surface area contributed by atoms with Gasteiger partial charge in [0.25, 0.3) is 6.43 Å². The first-order valence-corrected chi connectivity index (χ1v) is 5.53. The maximum absolute atomic E-state index is 12.6. The van der Waals surface area contributed by atoms with Gasteiger partial charge < -0.3 is 4.74 Å². The van der Waals surface area contributed by atoms with Crippen molar-refractivity contribution >= 4 is 21.9 Å². The van der Waals surface area contributed by atoms with Gasteiger partial charge in [0.1, 0.15) is 6.07 Å². The van der Waals surface area contributed by atoms with Gasteiger partial charge in [-0.1, -0.05) is 15.9 Å². The molecule has 0 aliphatic carbocycles. The van der Waals surface area contributed by atoms with Gasteiger partial charge in [0.2, 0.25) is 0 Å². The Labute approximate surface area is 104 Å². The molecule has 0 bridgehead atoms. The van der Waals surface area contributed by atoms with Crippen LogP contribution < -0.4 is 0 Å². The second-order valence-electron chi connectivity index (χ2n) is 2.95. The standard InChI is InChI=1S/C10H7BrF2N2O2/c1-17-10(16)8-5(2-11)6(3-14)7(4-15-8)9(12)13/h4,9H,2H2,1H3. The van der Waals surface area contributed by atoms with E-state index in [1.807, 2.05) is 0 Å². The third kappa shape index (κ3) is 2.58. The van der Waals surface area contributed by atoms with Crippen LogP contribution in [0.1, 0.15) is 33.6 Å². The summed E-state index contributed by atoms with van der Waals surface area (Å²) in [6, 6.07) is 1.66. The van der Waals surface area contributed by atoms with Crippen LogP contribution in [0.3, 0.4) is 0 Å². The molecule has 0 atom stereocenters. The molecule has 1 heterocycles. The van der Waals surface area contributed by atoms with E-state index < -0.39 is 18.0 Å². The van der Waals surface area contributed by atoms with Crippen molar-refractivity contribution in [3.8, 4) is 6.07 Å². The summed E-state index contributed by atoms with van der Waals surface area (Å²) in [6.07, 6.45) is -2.00. The number of hydrogen-bond acceptors (Lipinski definition) is 4. The average Bonchev–Trinajstić information content (AvgIpc) is 2.35. The van der Waals surface area contributed by atoms with E-state index >= 15 is 0 Å². The monoisotopic (exact) mass is 304 g/mol. The van der Waals surface area contributed by atoms with Gasteiger partial charge in [0, 0.05) is 17.1 Å². The van der Waals surface area contributed by atoms with Gasteiger partial charge in [-0.25, -0.2) is 18.6 Å². The second-order valence-corrected chi connectivity index (χ2v) is 3.51. The number of carbonyl (C=O) groups is 1. The van der Waals surface area contributed by atoms with E-state index in [2.05, 4.69) is 25.7 Å². The van der Waals surface area contributed by atoms with Crippen molar-refractivity contribution in [3.63, 3.8) is 0 Å². The molecule has 0 fully saturated rings. The number of rotatable bonds is 3. The zero-order valence-corrected chi connectivity index (χ0v) is 10.3. The Morgan fingerprint density at radius 3 is 2.76 bits per heavy atom. The SMILES string of the molecule is COC(=O)c1ncc(C(F)F)c(C#N)c1CBr. The van der Waals surface area contributed by atoms with E-state index in [-0.39, 0.29) is 22.2 Å². The van der Waals surface area contributed by atoms with Gasteiger partial charge in [-0.15, -0.1) is 0 Å². The second kappa shape index (κ2) is 5.68. The van der Waals surface area contributed by atoms with Gasteiger partial charge in [-0.05, 0) is 0 Å². The molecular weight excluding hydrogens is 298 g/mol. The molecule has 0 amide bonds. The van der Waals surface area contributed by atoms with Crippen LogP contribution in [0.4, 0.5) is 8.78 Å². The first-order valence-electron chi connectivity index (χ1n) is 4.41. The number of carbonyl (C=O) groups excluding carboxylic acids is 1. The topological polar surface area (TPSA) is 63.0 Å². The molecular formula is C10H7BrF2N2O2. The summed E-state index contributed by atoms with van der Waals surface area (Å²) in [4.78, 5) is 15.0. The lowest BCUT2D eigenvalue weighted by molar-refractivity contribution is 0.0592. The van der Waals surface area contributed by atoms with E-state index in [0.717, 1.165) is 13.3 Å². The molecule has 0 unspecified atom stereocenters. The van der Waals surface area contributed by atoms with Crippen molar-refractivity contribution in [2.45, 2.75) is 11.8 Å². The molecule has 0 aromatic carbocycles. The van der Waals surface area contributed by atoms with Gasteiger partial charge in [-0.2, -0.15) is 5.26 Å². The minimum Gasteiger partial charge on any atom is -0.464 e. The first kappa shape index (κ1) is 13.5. The maximum atomic E-state index is 12.6. The summed E-state index contributed by atoms with van der Waals surface area (Å²) in [6.45, 7) is 0. The molecule has 17 heavy (non-hydrogen) atoms. The largest absolute Gasteiger partial charge is 0.464 e. The molecule has 0 saturated heterocycles. The number of hydrogen-bond donors (Lipinski definition) is 0. The predicted octanol–water partition coefficient (Wildman–Crippen LogP) is 2.57. The summed E-state index contributed by atoms with van der Waals surface area (Å²) < 4.78 is 29.7. The summed E-state index contributed by atoms with van der Waals surface area (Å²) in [5, 5.41) is 8.94. The lowest BCUT2D eigenvalue weighted by Gasteiger charge is -2.10. The Hall–Kier alpha value is -1.55. The smallest absolute Gasteiger partial charge is 0.357 e. The number of nitriles is 1. The predicted molar refractivity (Wildman–Crippen MR) is 57.9 cm³/mol. The van der Waals surface area contributed by atoms with Gasteiger partial charge in [0.05, 0.1) is 18.2 Å².